The van der Waals surface area contributed by atoms with Gasteiger partial charge in [0.05, 0.1) is 28.8 Å². The molecular formula is C27H23N5O. The van der Waals surface area contributed by atoms with Crippen LogP contribution in [0.25, 0.3) is 27.9 Å². The molecule has 0 spiro atoms. The van der Waals surface area contributed by atoms with Crippen molar-refractivity contribution in [1.29, 1.82) is 0 Å². The van der Waals surface area contributed by atoms with Crippen molar-refractivity contribution in [1.82, 2.24) is 14.6 Å². The highest BCUT2D eigenvalue weighted by atomic mass is 16.1. The van der Waals surface area contributed by atoms with Crippen molar-refractivity contribution in [3.8, 4) is 22.4 Å². The zero-order chi connectivity index (χ0) is 22.6. The first-order chi connectivity index (χ1) is 16.2. The van der Waals surface area contributed by atoms with Gasteiger partial charge in [-0.2, -0.15) is 5.10 Å². The van der Waals surface area contributed by atoms with Gasteiger partial charge in [0.25, 0.3) is 0 Å². The van der Waals surface area contributed by atoms with Gasteiger partial charge in [-0.25, -0.2) is 4.52 Å². The van der Waals surface area contributed by atoms with Crippen LogP contribution in [0.15, 0.2) is 97.5 Å². The molecule has 0 saturated carbocycles. The summed E-state index contributed by atoms with van der Waals surface area (Å²) in [6.07, 6.45) is 5.35. The molecule has 0 atom stereocenters. The summed E-state index contributed by atoms with van der Waals surface area (Å²) in [5.74, 6) is -0.138. The Morgan fingerprint density at radius 3 is 2.42 bits per heavy atom. The summed E-state index contributed by atoms with van der Waals surface area (Å²) in [4.78, 5) is 15.8. The number of fused-ring (bicyclic) bond motifs is 1. The highest BCUT2D eigenvalue weighted by Gasteiger charge is 2.14. The highest BCUT2D eigenvalue weighted by Crippen LogP contribution is 2.33. The number of anilines is 2. The lowest BCUT2D eigenvalue weighted by atomic mass is 10.1. The number of amides is 1. The third kappa shape index (κ3) is 4.45. The molecule has 6 heteroatoms. The first-order valence-electron chi connectivity index (χ1n) is 10.8. The maximum Gasteiger partial charge on any atom is 0.221 e. The summed E-state index contributed by atoms with van der Waals surface area (Å²) in [7, 11) is 0. The zero-order valence-corrected chi connectivity index (χ0v) is 18.2. The van der Waals surface area contributed by atoms with E-state index in [2.05, 4.69) is 45.9 Å². The Morgan fingerprint density at radius 1 is 0.909 bits per heavy atom. The van der Waals surface area contributed by atoms with Gasteiger partial charge < -0.3 is 10.6 Å². The van der Waals surface area contributed by atoms with Crippen LogP contribution >= 0.6 is 0 Å². The lowest BCUT2D eigenvalue weighted by Gasteiger charge is -2.13. The standard InChI is InChI=1S/C27H23N5O/c1-19(33)30-23-14-22(17-28-18-23)25-15-26(29-16-20-8-4-2-5-9-20)27-24(12-13-32(27)31-25)21-10-6-3-7-11-21/h2-15,17-18,29H,16H2,1H3,(H,30,33). The average Bonchev–Trinajstić information content (AvgIpc) is 3.28. The van der Waals surface area contributed by atoms with Gasteiger partial charge in [0, 0.05) is 37.0 Å². The van der Waals surface area contributed by atoms with Gasteiger partial charge in [0.1, 0.15) is 0 Å². The Morgan fingerprint density at radius 2 is 1.67 bits per heavy atom. The van der Waals surface area contributed by atoms with Crippen LogP contribution in [-0.4, -0.2) is 20.5 Å². The molecule has 162 valence electrons. The molecule has 0 fully saturated rings. The molecule has 33 heavy (non-hydrogen) atoms. The topological polar surface area (TPSA) is 71.3 Å². The SMILES string of the molecule is CC(=O)Nc1cncc(-c2cc(NCc3ccccc3)c3c(-c4ccccc4)ccn3n2)c1. The summed E-state index contributed by atoms with van der Waals surface area (Å²) in [6, 6.07) is 26.6. The summed E-state index contributed by atoms with van der Waals surface area (Å²) in [6.45, 7) is 2.16. The molecule has 0 radical (unpaired) electrons. The van der Waals surface area contributed by atoms with Crippen molar-refractivity contribution in [3.05, 3.63) is 103 Å². The quantitative estimate of drug-likeness (QED) is 0.364. The molecule has 5 aromatic rings. The predicted molar refractivity (Wildman–Crippen MR) is 132 cm³/mol. The molecule has 5 rings (SSSR count). The molecule has 0 aliphatic heterocycles. The Kier molecular flexibility index (Phi) is 5.55. The van der Waals surface area contributed by atoms with Crippen LogP contribution in [0.2, 0.25) is 0 Å². The van der Waals surface area contributed by atoms with E-state index >= 15 is 0 Å². The Labute approximate surface area is 191 Å². The maximum atomic E-state index is 11.5. The van der Waals surface area contributed by atoms with E-state index in [1.807, 2.05) is 59.2 Å². The van der Waals surface area contributed by atoms with Gasteiger partial charge in [-0.1, -0.05) is 60.7 Å². The Bertz CT molecular complexity index is 1410. The van der Waals surface area contributed by atoms with Crippen molar-refractivity contribution >= 4 is 22.8 Å². The number of nitrogens with zero attached hydrogens (tertiary/aromatic N) is 3. The third-order valence-corrected chi connectivity index (χ3v) is 5.38. The number of pyridine rings is 1. The highest BCUT2D eigenvalue weighted by molar-refractivity contribution is 5.92. The Hall–Kier alpha value is -4.45. The van der Waals surface area contributed by atoms with E-state index in [0.29, 0.717) is 12.2 Å². The number of aromatic nitrogens is 3. The second-order valence-corrected chi connectivity index (χ2v) is 7.81. The van der Waals surface area contributed by atoms with E-state index in [1.54, 1.807) is 12.4 Å². The second kappa shape index (κ2) is 8.96. The molecule has 3 aromatic heterocycles. The molecule has 0 aliphatic carbocycles. The van der Waals surface area contributed by atoms with E-state index in [1.165, 1.54) is 12.5 Å². The summed E-state index contributed by atoms with van der Waals surface area (Å²) in [5.41, 5.74) is 7.62. The second-order valence-electron chi connectivity index (χ2n) is 7.81. The number of carbonyl (C=O) groups excluding carboxylic acids is 1. The van der Waals surface area contributed by atoms with Gasteiger partial charge >= 0.3 is 0 Å². The van der Waals surface area contributed by atoms with Crippen LogP contribution in [0.4, 0.5) is 11.4 Å². The van der Waals surface area contributed by atoms with Crippen molar-refractivity contribution in [2.45, 2.75) is 13.5 Å². The first kappa shape index (κ1) is 20.5. The van der Waals surface area contributed by atoms with Crippen LogP contribution in [0.3, 0.4) is 0 Å². The van der Waals surface area contributed by atoms with Crippen LogP contribution in [-0.2, 0) is 11.3 Å². The van der Waals surface area contributed by atoms with Crippen LogP contribution in [0, 0.1) is 0 Å². The normalized spacial score (nSPS) is 10.8. The summed E-state index contributed by atoms with van der Waals surface area (Å²) >= 11 is 0. The molecule has 0 aliphatic rings. The number of rotatable bonds is 6. The molecular weight excluding hydrogens is 410 g/mol. The smallest absolute Gasteiger partial charge is 0.221 e. The minimum atomic E-state index is -0.138. The molecule has 3 heterocycles. The molecule has 0 unspecified atom stereocenters. The van der Waals surface area contributed by atoms with Crippen molar-refractivity contribution in [3.63, 3.8) is 0 Å². The lowest BCUT2D eigenvalue weighted by Crippen LogP contribution is -2.06. The molecule has 0 saturated heterocycles. The molecule has 2 aromatic carbocycles. The van der Waals surface area contributed by atoms with Gasteiger partial charge in [-0.3, -0.25) is 9.78 Å². The first-order valence-corrected chi connectivity index (χ1v) is 10.8. The lowest BCUT2D eigenvalue weighted by molar-refractivity contribution is -0.114. The maximum absolute atomic E-state index is 11.5. The van der Waals surface area contributed by atoms with Gasteiger partial charge in [-0.15, -0.1) is 0 Å². The number of nitrogens with one attached hydrogen (secondary N) is 2. The summed E-state index contributed by atoms with van der Waals surface area (Å²) < 4.78 is 1.90. The molecule has 2 N–H and O–H groups in total. The predicted octanol–water partition coefficient (Wildman–Crippen LogP) is 5.63. The fraction of sp³-hybridized carbons (Fsp3) is 0.0741. The zero-order valence-electron chi connectivity index (χ0n) is 18.2. The van der Waals surface area contributed by atoms with Gasteiger partial charge in [-0.05, 0) is 29.3 Å². The number of hydrogen-bond acceptors (Lipinski definition) is 4. The van der Waals surface area contributed by atoms with Gasteiger partial charge in [0.2, 0.25) is 5.91 Å². The average molecular weight is 434 g/mol. The number of hydrogen-bond donors (Lipinski definition) is 2. The van der Waals surface area contributed by atoms with Crippen molar-refractivity contribution < 1.29 is 4.79 Å². The number of benzene rings is 2. The Balaban J connectivity index is 1.61. The fourth-order valence-electron chi connectivity index (χ4n) is 3.90. The van der Waals surface area contributed by atoms with E-state index in [0.717, 1.165) is 33.6 Å². The number of carbonyl (C=O) groups is 1. The summed E-state index contributed by atoms with van der Waals surface area (Å²) in [5, 5.41) is 11.2. The minimum Gasteiger partial charge on any atom is -0.379 e. The monoisotopic (exact) mass is 433 g/mol. The fourth-order valence-corrected chi connectivity index (χ4v) is 3.90. The van der Waals surface area contributed by atoms with Crippen molar-refractivity contribution in [2.24, 2.45) is 0 Å². The molecule has 1 amide bonds. The molecule has 6 nitrogen and oxygen atoms in total. The van der Waals surface area contributed by atoms with E-state index in [4.69, 9.17) is 5.10 Å². The third-order valence-electron chi connectivity index (χ3n) is 5.38. The van der Waals surface area contributed by atoms with Gasteiger partial charge in [0.15, 0.2) is 0 Å². The van der Waals surface area contributed by atoms with E-state index in [-0.39, 0.29) is 5.91 Å². The van der Waals surface area contributed by atoms with E-state index < -0.39 is 0 Å². The van der Waals surface area contributed by atoms with Crippen LogP contribution in [0.1, 0.15) is 12.5 Å². The van der Waals surface area contributed by atoms with Crippen molar-refractivity contribution in [2.75, 3.05) is 10.6 Å². The molecule has 0 bridgehead atoms. The van der Waals surface area contributed by atoms with Crippen LogP contribution in [0.5, 0.6) is 0 Å². The van der Waals surface area contributed by atoms with E-state index in [9.17, 15) is 4.79 Å². The largest absolute Gasteiger partial charge is 0.379 e. The minimum absolute atomic E-state index is 0.138. The van der Waals surface area contributed by atoms with Crippen LogP contribution < -0.4 is 10.6 Å².